The number of ether oxygens (including phenoxy) is 4. The Morgan fingerprint density at radius 1 is 0.819 bits per heavy atom. The number of fused-ring (bicyclic) bond motifs is 4. The maximum absolute atomic E-state index is 15.2. The van der Waals surface area contributed by atoms with Crippen molar-refractivity contribution in [2.45, 2.75) is 74.5 Å². The number of phenols is 1. The molecule has 1 spiro atoms. The fourth-order valence-electron chi connectivity index (χ4n) is 11.7. The monoisotopic (exact) mass is 1080 g/mol. The molecule has 10 atom stereocenters. The van der Waals surface area contributed by atoms with Crippen molar-refractivity contribution in [3.63, 3.8) is 0 Å². The normalized spacial score (nSPS) is 27.3. The minimum Gasteiger partial charge on any atom is -0.508 e. The molecule has 3 N–H and O–H groups in total. The maximum Gasteiger partial charge on any atom is 0.325 e. The third-order valence-corrected chi connectivity index (χ3v) is 15.2. The summed E-state index contributed by atoms with van der Waals surface area (Å²) in [7, 11) is 0. The highest BCUT2D eigenvalue weighted by molar-refractivity contribution is 14.1. The van der Waals surface area contributed by atoms with E-state index in [-0.39, 0.29) is 49.7 Å². The van der Waals surface area contributed by atoms with Gasteiger partial charge in [-0.3, -0.25) is 33.7 Å². The first-order valence-corrected chi connectivity index (χ1v) is 25.2. The molecule has 0 saturated carbocycles. The molecule has 4 saturated heterocycles. The third-order valence-electron chi connectivity index (χ3n) is 14.6. The van der Waals surface area contributed by atoms with Crippen LogP contribution in [0.25, 0.3) is 0 Å². The largest absolute Gasteiger partial charge is 0.508 e. The number of hydrogen-bond acceptors (Lipinski definition) is 12. The number of piperazine rings is 1. The highest BCUT2D eigenvalue weighted by Gasteiger charge is 2.74. The molecule has 15 nitrogen and oxygen atoms in total. The molecule has 5 aromatic carbocycles. The highest BCUT2D eigenvalue weighted by atomic mass is 127. The molecule has 5 aliphatic rings. The van der Waals surface area contributed by atoms with Gasteiger partial charge in [0.2, 0.25) is 17.7 Å². The van der Waals surface area contributed by atoms with E-state index >= 15 is 4.79 Å². The molecule has 5 aromatic rings. The molecule has 0 aromatic heterocycles. The Morgan fingerprint density at radius 3 is 2.17 bits per heavy atom. The number of aromatic hydroxyl groups is 1. The van der Waals surface area contributed by atoms with E-state index in [1.807, 2.05) is 104 Å². The summed E-state index contributed by atoms with van der Waals surface area (Å²) in [6.45, 7) is 7.31. The average Bonchev–Trinajstić information content (AvgIpc) is 4.03. The maximum atomic E-state index is 15.2. The van der Waals surface area contributed by atoms with Crippen molar-refractivity contribution in [2.75, 3.05) is 25.1 Å². The van der Waals surface area contributed by atoms with E-state index in [2.05, 4.69) is 39.8 Å². The number of carbonyl (C=O) groups excluding carboxylic acids is 6. The molecule has 4 fully saturated rings. The zero-order valence-corrected chi connectivity index (χ0v) is 41.7. The van der Waals surface area contributed by atoms with Crippen molar-refractivity contribution >= 4 is 63.9 Å². The van der Waals surface area contributed by atoms with Gasteiger partial charge < -0.3 is 39.6 Å². The number of phenolic OH excluding ortho intramolecular Hbond substituents is 1. The number of halogens is 1. The van der Waals surface area contributed by atoms with Crippen LogP contribution in [0.1, 0.15) is 78.7 Å². The Labute approximate surface area is 430 Å². The summed E-state index contributed by atoms with van der Waals surface area (Å²) >= 11 is 2.18. The van der Waals surface area contributed by atoms with Gasteiger partial charge in [0.05, 0.1) is 24.0 Å². The topological polar surface area (TPSA) is 190 Å². The van der Waals surface area contributed by atoms with E-state index < -0.39 is 83.4 Å². The van der Waals surface area contributed by atoms with Gasteiger partial charge >= 0.3 is 17.9 Å². The first kappa shape index (κ1) is 48.6. The van der Waals surface area contributed by atoms with Gasteiger partial charge in [0, 0.05) is 9.26 Å². The van der Waals surface area contributed by atoms with Gasteiger partial charge in [-0.05, 0) is 112 Å². The fourth-order valence-corrected chi connectivity index (χ4v) is 12.2. The first-order valence-electron chi connectivity index (χ1n) is 24.1. The van der Waals surface area contributed by atoms with Gasteiger partial charge in [-0.25, -0.2) is 0 Å². The Bertz CT molecular complexity index is 2920. The van der Waals surface area contributed by atoms with E-state index in [4.69, 9.17) is 18.9 Å². The van der Waals surface area contributed by atoms with Crippen LogP contribution >= 0.6 is 22.6 Å². The van der Waals surface area contributed by atoms with Gasteiger partial charge in [-0.15, -0.1) is 0 Å². The summed E-state index contributed by atoms with van der Waals surface area (Å²) in [6.07, 6.45) is 1.10. The van der Waals surface area contributed by atoms with Crippen LogP contribution in [0.15, 0.2) is 140 Å². The zero-order chi connectivity index (χ0) is 50.4. The van der Waals surface area contributed by atoms with E-state index in [1.165, 1.54) is 23.1 Å². The number of benzene rings is 5. The second-order valence-corrected chi connectivity index (χ2v) is 20.5. The smallest absolute Gasteiger partial charge is 0.325 e. The molecule has 3 amide bonds. The molecule has 16 heteroatoms. The van der Waals surface area contributed by atoms with Gasteiger partial charge in [0.15, 0.2) is 0 Å². The first-order chi connectivity index (χ1) is 34.8. The Kier molecular flexibility index (Phi) is 13.4. The molecule has 0 aliphatic carbocycles. The number of cyclic esters (lactones) is 1. The van der Waals surface area contributed by atoms with Gasteiger partial charge in [-0.1, -0.05) is 111 Å². The number of anilines is 1. The molecular weight excluding hydrogens is 1030 g/mol. The summed E-state index contributed by atoms with van der Waals surface area (Å²) in [4.78, 5) is 89.7. The third kappa shape index (κ3) is 8.46. The lowest BCUT2D eigenvalue weighted by molar-refractivity contribution is -0.180. The van der Waals surface area contributed by atoms with E-state index in [0.717, 1.165) is 14.7 Å². The highest BCUT2D eigenvalue weighted by Crippen LogP contribution is 2.65. The van der Waals surface area contributed by atoms with Crippen LogP contribution in [0, 0.1) is 21.3 Å². The van der Waals surface area contributed by atoms with Crippen LogP contribution in [0.3, 0.4) is 0 Å². The Morgan fingerprint density at radius 2 is 1.49 bits per heavy atom. The summed E-state index contributed by atoms with van der Waals surface area (Å²) in [5.74, 6) is -4.77. The van der Waals surface area contributed by atoms with Crippen molar-refractivity contribution in [3.8, 4) is 11.5 Å². The van der Waals surface area contributed by atoms with Crippen LogP contribution in [-0.2, 0) is 48.4 Å². The lowest BCUT2D eigenvalue weighted by Gasteiger charge is -2.46. The molecular formula is C56H53IN4O11. The van der Waals surface area contributed by atoms with Crippen molar-refractivity contribution in [2.24, 2.45) is 17.8 Å². The van der Waals surface area contributed by atoms with Gasteiger partial charge in [0.25, 0.3) is 0 Å². The second kappa shape index (κ2) is 19.9. The number of morpholine rings is 1. The minimum atomic E-state index is -1.71. The summed E-state index contributed by atoms with van der Waals surface area (Å²) < 4.78 is 25.0. The quantitative estimate of drug-likeness (QED) is 0.0329. The van der Waals surface area contributed by atoms with Gasteiger partial charge in [-0.2, -0.15) is 0 Å². The SMILES string of the molecule is C=CCOC(=O)[C@@H]1[C@H]2C(=O)O[C@H](c3ccccc3)[C@H](c3ccccc3)N2[C@H](c2ccc(OCCOC(=O)[C@H]3C[C@H]4C(=O)N[C@@H](CC(C)C)C(=O)N4[C@H]3c3ccc(O)cc3)cc2)[C@@]12C(=O)Nc1ccc(I)cc12. The lowest BCUT2D eigenvalue weighted by Crippen LogP contribution is -2.61. The van der Waals surface area contributed by atoms with Crippen molar-refractivity contribution in [1.29, 1.82) is 0 Å². The van der Waals surface area contributed by atoms with Crippen molar-refractivity contribution in [1.82, 2.24) is 15.1 Å². The van der Waals surface area contributed by atoms with Crippen LogP contribution < -0.4 is 15.4 Å². The number of amides is 3. The molecule has 5 heterocycles. The predicted octanol–water partition coefficient (Wildman–Crippen LogP) is 7.42. The molecule has 370 valence electrons. The molecule has 72 heavy (non-hydrogen) atoms. The molecule has 5 aliphatic heterocycles. The number of hydrogen-bond donors (Lipinski definition) is 3. The molecule has 0 unspecified atom stereocenters. The zero-order valence-electron chi connectivity index (χ0n) is 39.5. The fraction of sp³-hybridized carbons (Fsp3) is 0.321. The van der Waals surface area contributed by atoms with Gasteiger partial charge in [0.1, 0.15) is 66.9 Å². The van der Waals surface area contributed by atoms with Crippen LogP contribution in [-0.4, -0.2) is 88.5 Å². The van der Waals surface area contributed by atoms with E-state index in [1.54, 1.807) is 30.3 Å². The van der Waals surface area contributed by atoms with Crippen LogP contribution in [0.4, 0.5) is 5.69 Å². The Hall–Kier alpha value is -7.05. The number of rotatable bonds is 14. The molecule has 10 rings (SSSR count). The predicted molar refractivity (Wildman–Crippen MR) is 271 cm³/mol. The lowest BCUT2D eigenvalue weighted by atomic mass is 9.65. The van der Waals surface area contributed by atoms with Crippen molar-refractivity contribution in [3.05, 3.63) is 171 Å². The summed E-state index contributed by atoms with van der Waals surface area (Å²) in [5.41, 5.74) is 2.08. The number of nitrogens with one attached hydrogen (secondary N) is 2. The summed E-state index contributed by atoms with van der Waals surface area (Å²) in [5, 5.41) is 16.0. The molecule has 0 bridgehead atoms. The summed E-state index contributed by atoms with van der Waals surface area (Å²) in [6, 6.07) is 32.6. The van der Waals surface area contributed by atoms with E-state index in [9.17, 15) is 29.1 Å². The standard InChI is InChI=1S/C56H53IN4O11/c1-4-25-70-53(66)44-47-54(67)72-48(34-13-9-6-10-14-34)46(32-11-7-5-8-12-32)61(47)49(56(44)40-29-36(57)19-24-41(40)59-55(56)68)35-17-22-38(23-18-35)69-26-27-71-52(65)39-30-43-50(63)58-42(28-31(2)3)51(64)60(43)45(39)33-15-20-37(62)21-16-33/h4-24,29,31,39,42-49,62H,1,25-28,30H2,2-3H3,(H,58,63)(H,59,68)/t39-,42-,43-,44-,45-,46-,47-,48+,49+,56-/m0/s1. The number of nitrogens with zero attached hydrogens (tertiary/aromatic N) is 2. The minimum absolute atomic E-state index is 0.0199. The average molecular weight is 1080 g/mol. The van der Waals surface area contributed by atoms with Crippen LogP contribution in [0.2, 0.25) is 0 Å². The van der Waals surface area contributed by atoms with Crippen molar-refractivity contribution < 1.29 is 52.8 Å². The van der Waals surface area contributed by atoms with Crippen LogP contribution in [0.5, 0.6) is 11.5 Å². The molecule has 0 radical (unpaired) electrons. The number of carbonyl (C=O) groups is 6. The Balaban J connectivity index is 0.964. The number of esters is 3. The second-order valence-electron chi connectivity index (χ2n) is 19.2. The van der Waals surface area contributed by atoms with E-state index in [0.29, 0.717) is 34.5 Å².